The van der Waals surface area contributed by atoms with Crippen molar-refractivity contribution in [2.75, 3.05) is 26.3 Å². The van der Waals surface area contributed by atoms with Crippen LogP contribution in [-0.4, -0.2) is 42.9 Å². The summed E-state index contributed by atoms with van der Waals surface area (Å²) in [4.78, 5) is 14.1. The van der Waals surface area contributed by atoms with Gasteiger partial charge in [0, 0.05) is 13.0 Å². The van der Waals surface area contributed by atoms with Crippen LogP contribution in [-0.2, 0) is 9.47 Å². The normalized spacial score (nSPS) is 22.6. The zero-order valence-corrected chi connectivity index (χ0v) is 10.5. The molecule has 5 nitrogen and oxygen atoms in total. The number of amides is 1. The second kappa shape index (κ2) is 4.40. The minimum Gasteiger partial charge on any atom is -0.469 e. The molecule has 0 bridgehead atoms. The molecule has 18 heavy (non-hydrogen) atoms. The lowest BCUT2D eigenvalue weighted by atomic mass is 10.0. The Morgan fingerprint density at radius 3 is 2.83 bits per heavy atom. The number of carbonyl (C=O) groups excluding carboxylic acids is 1. The number of carbonyl (C=O) groups is 1. The van der Waals surface area contributed by atoms with Gasteiger partial charge in [0.25, 0.3) is 5.91 Å². The van der Waals surface area contributed by atoms with E-state index in [1.807, 2.05) is 6.92 Å². The Morgan fingerprint density at radius 2 is 2.17 bits per heavy atom. The summed E-state index contributed by atoms with van der Waals surface area (Å²) in [7, 11) is 0. The van der Waals surface area contributed by atoms with E-state index in [-0.39, 0.29) is 5.91 Å². The van der Waals surface area contributed by atoms with Gasteiger partial charge in [0.05, 0.1) is 25.3 Å². The molecule has 0 aliphatic carbocycles. The Balaban J connectivity index is 1.74. The quantitative estimate of drug-likeness (QED) is 0.760. The summed E-state index contributed by atoms with van der Waals surface area (Å²) in [5.74, 6) is 0.177. The molecule has 3 heterocycles. The molecule has 1 aromatic rings. The maximum atomic E-state index is 12.3. The predicted molar refractivity (Wildman–Crippen MR) is 63.2 cm³/mol. The third-order valence-corrected chi connectivity index (χ3v) is 3.50. The van der Waals surface area contributed by atoms with Crippen LogP contribution in [0.25, 0.3) is 0 Å². The van der Waals surface area contributed by atoms with Gasteiger partial charge >= 0.3 is 0 Å². The topological polar surface area (TPSA) is 51.9 Å². The highest BCUT2D eigenvalue weighted by Crippen LogP contribution is 2.30. The minimum absolute atomic E-state index is 0.00924. The zero-order valence-electron chi connectivity index (χ0n) is 10.5. The summed E-state index contributed by atoms with van der Waals surface area (Å²) in [6.07, 6.45) is 3.28. The lowest BCUT2D eigenvalue weighted by Crippen LogP contribution is -2.50. The standard InChI is InChI=1S/C13H17NO4/c1-10-7-11(8-16-10)12(15)14-4-2-3-13(9-14)17-5-6-18-13/h7-8H,2-6,9H2,1H3. The number of hydrogen-bond acceptors (Lipinski definition) is 4. The molecule has 98 valence electrons. The second-order valence-corrected chi connectivity index (χ2v) is 4.88. The van der Waals surface area contributed by atoms with E-state index in [0.29, 0.717) is 25.3 Å². The maximum Gasteiger partial charge on any atom is 0.257 e. The Kier molecular flexibility index (Phi) is 2.87. The Morgan fingerprint density at radius 1 is 1.39 bits per heavy atom. The van der Waals surface area contributed by atoms with E-state index in [0.717, 1.165) is 25.1 Å². The van der Waals surface area contributed by atoms with Gasteiger partial charge in [0.1, 0.15) is 12.0 Å². The highest BCUT2D eigenvalue weighted by molar-refractivity contribution is 5.94. The number of aryl methyl sites for hydroxylation is 1. The number of ether oxygens (including phenoxy) is 2. The summed E-state index contributed by atoms with van der Waals surface area (Å²) in [5.41, 5.74) is 0.600. The van der Waals surface area contributed by atoms with Crippen LogP contribution in [0.4, 0.5) is 0 Å². The van der Waals surface area contributed by atoms with E-state index in [4.69, 9.17) is 13.9 Å². The monoisotopic (exact) mass is 251 g/mol. The van der Waals surface area contributed by atoms with Crippen molar-refractivity contribution in [3.8, 4) is 0 Å². The first-order valence-corrected chi connectivity index (χ1v) is 6.31. The van der Waals surface area contributed by atoms with Crippen molar-refractivity contribution in [3.63, 3.8) is 0 Å². The number of likely N-dealkylation sites (tertiary alicyclic amines) is 1. The van der Waals surface area contributed by atoms with E-state index in [1.54, 1.807) is 11.0 Å². The molecule has 2 saturated heterocycles. The summed E-state index contributed by atoms with van der Waals surface area (Å²) < 4.78 is 16.5. The van der Waals surface area contributed by atoms with Crippen molar-refractivity contribution in [1.82, 2.24) is 4.90 Å². The fourth-order valence-corrected chi connectivity index (χ4v) is 2.63. The van der Waals surface area contributed by atoms with Gasteiger partial charge in [-0.05, 0) is 19.4 Å². The van der Waals surface area contributed by atoms with Gasteiger partial charge in [-0.15, -0.1) is 0 Å². The van der Waals surface area contributed by atoms with Gasteiger partial charge in [0.15, 0.2) is 5.79 Å². The van der Waals surface area contributed by atoms with E-state index >= 15 is 0 Å². The Hall–Kier alpha value is -1.33. The van der Waals surface area contributed by atoms with Crippen LogP contribution < -0.4 is 0 Å². The smallest absolute Gasteiger partial charge is 0.257 e. The number of nitrogens with zero attached hydrogens (tertiary/aromatic N) is 1. The summed E-state index contributed by atoms with van der Waals surface area (Å²) in [5, 5.41) is 0. The highest BCUT2D eigenvalue weighted by atomic mass is 16.7. The molecule has 5 heteroatoms. The average molecular weight is 251 g/mol. The molecule has 0 unspecified atom stereocenters. The molecule has 1 amide bonds. The number of rotatable bonds is 1. The lowest BCUT2D eigenvalue weighted by Gasteiger charge is -2.38. The summed E-state index contributed by atoms with van der Waals surface area (Å²) in [6, 6.07) is 1.76. The first-order chi connectivity index (χ1) is 8.69. The maximum absolute atomic E-state index is 12.3. The molecule has 0 atom stereocenters. The van der Waals surface area contributed by atoms with Crippen molar-refractivity contribution < 1.29 is 18.7 Å². The molecular formula is C13H17NO4. The third-order valence-electron chi connectivity index (χ3n) is 3.50. The van der Waals surface area contributed by atoms with E-state index in [9.17, 15) is 4.79 Å². The van der Waals surface area contributed by atoms with Crippen LogP contribution >= 0.6 is 0 Å². The van der Waals surface area contributed by atoms with Gasteiger partial charge in [-0.2, -0.15) is 0 Å². The van der Waals surface area contributed by atoms with Gasteiger partial charge in [-0.1, -0.05) is 0 Å². The summed E-state index contributed by atoms with van der Waals surface area (Å²) >= 11 is 0. The van der Waals surface area contributed by atoms with Crippen molar-refractivity contribution in [2.24, 2.45) is 0 Å². The molecule has 1 spiro atoms. The molecule has 2 fully saturated rings. The lowest BCUT2D eigenvalue weighted by molar-refractivity contribution is -0.183. The molecule has 0 aromatic carbocycles. The first-order valence-electron chi connectivity index (χ1n) is 6.31. The van der Waals surface area contributed by atoms with Crippen LogP contribution in [0.15, 0.2) is 16.7 Å². The number of hydrogen-bond donors (Lipinski definition) is 0. The van der Waals surface area contributed by atoms with Crippen molar-refractivity contribution in [2.45, 2.75) is 25.6 Å². The summed E-state index contributed by atoms with van der Waals surface area (Å²) in [6.45, 7) is 4.32. The zero-order chi connectivity index (χ0) is 12.6. The Bertz CT molecular complexity index is 448. The molecular weight excluding hydrogens is 234 g/mol. The highest BCUT2D eigenvalue weighted by Gasteiger charge is 2.42. The Labute approximate surface area is 106 Å². The van der Waals surface area contributed by atoms with E-state index in [2.05, 4.69) is 0 Å². The van der Waals surface area contributed by atoms with Crippen molar-refractivity contribution in [3.05, 3.63) is 23.7 Å². The second-order valence-electron chi connectivity index (χ2n) is 4.88. The fourth-order valence-electron chi connectivity index (χ4n) is 2.63. The third kappa shape index (κ3) is 2.04. The van der Waals surface area contributed by atoms with Crippen LogP contribution in [0.5, 0.6) is 0 Å². The predicted octanol–water partition coefficient (Wildman–Crippen LogP) is 1.57. The molecule has 0 N–H and O–H groups in total. The van der Waals surface area contributed by atoms with Crippen LogP contribution in [0.3, 0.4) is 0 Å². The molecule has 0 radical (unpaired) electrons. The van der Waals surface area contributed by atoms with Gasteiger partial charge in [-0.25, -0.2) is 0 Å². The number of furan rings is 1. The van der Waals surface area contributed by atoms with Crippen molar-refractivity contribution in [1.29, 1.82) is 0 Å². The van der Waals surface area contributed by atoms with E-state index in [1.165, 1.54) is 6.26 Å². The molecule has 0 saturated carbocycles. The van der Waals surface area contributed by atoms with Gasteiger partial charge in [-0.3, -0.25) is 4.79 Å². The van der Waals surface area contributed by atoms with Crippen LogP contribution in [0.2, 0.25) is 0 Å². The SMILES string of the molecule is Cc1cc(C(=O)N2CCCC3(C2)OCCO3)co1. The largest absolute Gasteiger partial charge is 0.469 e. The minimum atomic E-state index is -0.563. The first kappa shape index (κ1) is 11.7. The molecule has 2 aliphatic heterocycles. The van der Waals surface area contributed by atoms with Crippen LogP contribution in [0, 0.1) is 6.92 Å². The fraction of sp³-hybridized carbons (Fsp3) is 0.615. The van der Waals surface area contributed by atoms with Crippen LogP contribution in [0.1, 0.15) is 29.0 Å². The van der Waals surface area contributed by atoms with Gasteiger partial charge < -0.3 is 18.8 Å². The number of piperidine rings is 1. The van der Waals surface area contributed by atoms with Crippen molar-refractivity contribution >= 4 is 5.91 Å². The molecule has 1 aromatic heterocycles. The van der Waals surface area contributed by atoms with Gasteiger partial charge in [0.2, 0.25) is 0 Å². The molecule has 2 aliphatic rings. The van der Waals surface area contributed by atoms with E-state index < -0.39 is 5.79 Å². The molecule has 3 rings (SSSR count). The average Bonchev–Trinajstić information content (AvgIpc) is 2.98.